The smallest absolute Gasteiger partial charge is 0.356 e. The van der Waals surface area contributed by atoms with Gasteiger partial charge in [0.1, 0.15) is 0 Å². The molecule has 0 saturated heterocycles. The average molecular weight is 698 g/mol. The topological polar surface area (TPSA) is 149 Å². The molecule has 5 aromatic rings. The van der Waals surface area contributed by atoms with Crippen LogP contribution in [0.25, 0.3) is 5.65 Å². The van der Waals surface area contributed by atoms with Crippen LogP contribution in [0, 0.1) is 0 Å². The van der Waals surface area contributed by atoms with Crippen LogP contribution < -0.4 is 25.6 Å². The Morgan fingerprint density at radius 1 is 0.780 bits per heavy atom. The molecule has 3 heterocycles. The highest BCUT2D eigenvalue weighted by Gasteiger charge is 2.55. The zero-order chi connectivity index (χ0) is 36.1. The summed E-state index contributed by atoms with van der Waals surface area (Å²) in [4.78, 5) is 32.0. The quantitative estimate of drug-likeness (QED) is 0.161. The molecular weight excluding hydrogens is 655 g/mol. The molecule has 0 bridgehead atoms. The van der Waals surface area contributed by atoms with E-state index in [0.29, 0.717) is 35.3 Å². The van der Waals surface area contributed by atoms with E-state index in [2.05, 4.69) is 79.0 Å². The first kappa shape index (κ1) is 36.0. The molecule has 0 unspecified atom stereocenters. The van der Waals surface area contributed by atoms with Gasteiger partial charge >= 0.3 is 11.9 Å². The minimum Gasteiger partial charge on any atom is -0.493 e. The molecule has 0 amide bonds. The van der Waals surface area contributed by atoms with E-state index in [4.69, 9.17) is 34.5 Å². The van der Waals surface area contributed by atoms with Gasteiger partial charge in [-0.15, -0.1) is 5.10 Å². The highest BCUT2D eigenvalue weighted by molar-refractivity contribution is 6.99. The highest BCUT2D eigenvalue weighted by atomic mass is 28.4. The monoisotopic (exact) mass is 697 g/mol. The molecule has 1 aliphatic rings. The molecule has 12 nitrogen and oxygen atoms in total. The molecule has 262 valence electrons. The van der Waals surface area contributed by atoms with Crippen molar-refractivity contribution in [3.8, 4) is 11.5 Å². The number of hydrogen-bond donors (Lipinski definition) is 1. The largest absolute Gasteiger partial charge is 0.493 e. The number of rotatable bonds is 10. The third-order valence-electron chi connectivity index (χ3n) is 8.87. The molecule has 1 saturated carbocycles. The Hall–Kier alpha value is -5.27. The number of carbonyl (C=O) groups excluding carboxylic acids is 2. The lowest BCUT2D eigenvalue weighted by atomic mass is 10.1. The minimum atomic E-state index is -2.70. The van der Waals surface area contributed by atoms with Crippen LogP contribution in [0.2, 0.25) is 5.04 Å². The molecule has 2 N–H and O–H groups in total. The number of hydrogen-bond acceptors (Lipinski definition) is 11. The van der Waals surface area contributed by atoms with Gasteiger partial charge in [-0.3, -0.25) is 0 Å². The van der Waals surface area contributed by atoms with E-state index in [1.807, 2.05) is 12.1 Å². The number of carbonyl (C=O) groups is 2. The van der Waals surface area contributed by atoms with Crippen molar-refractivity contribution in [3.05, 3.63) is 102 Å². The zero-order valence-corrected chi connectivity index (χ0v) is 30.4. The number of methoxy groups -OCH3 is 4. The minimum absolute atomic E-state index is 0.126. The summed E-state index contributed by atoms with van der Waals surface area (Å²) in [6.07, 6.45) is 1.83. The van der Waals surface area contributed by atoms with Crippen molar-refractivity contribution < 1.29 is 33.0 Å². The standard InChI is InChI=1S/C29H33N3O4Si.C8H10N2O3/c1-28(2,3)37(21-12-8-6-9-13-21,22-14-10-7-11-15-22)36-20-29(18-19-29)27-30-25-24(34-4)17-16-23(26(33)35-5)32(25)31-27;1-12-6-4-3-5(8(11)13-2)10-7(6)9/h6-17H,18-20H2,1-5H3;3-4H,1-2H3,(H2,9,10). The van der Waals surface area contributed by atoms with Gasteiger partial charge in [-0.05, 0) is 52.5 Å². The van der Waals surface area contributed by atoms with Crippen molar-refractivity contribution in [2.24, 2.45) is 0 Å². The van der Waals surface area contributed by atoms with Gasteiger partial charge in [0, 0.05) is 6.61 Å². The summed E-state index contributed by atoms with van der Waals surface area (Å²) in [6, 6.07) is 27.7. The van der Waals surface area contributed by atoms with E-state index in [1.165, 1.54) is 42.3 Å². The number of anilines is 1. The number of fused-ring (bicyclic) bond motifs is 1. The summed E-state index contributed by atoms with van der Waals surface area (Å²) in [7, 11) is 3.00. The first-order valence-corrected chi connectivity index (χ1v) is 18.0. The van der Waals surface area contributed by atoms with Gasteiger partial charge in [-0.1, -0.05) is 81.4 Å². The van der Waals surface area contributed by atoms with Crippen molar-refractivity contribution in [1.29, 1.82) is 0 Å². The van der Waals surface area contributed by atoms with Crippen molar-refractivity contribution in [1.82, 2.24) is 19.6 Å². The van der Waals surface area contributed by atoms with E-state index >= 15 is 0 Å². The second kappa shape index (κ2) is 14.7. The van der Waals surface area contributed by atoms with Crippen molar-refractivity contribution >= 4 is 42.1 Å². The Labute approximate surface area is 292 Å². The SMILES string of the molecule is COC(=O)c1ccc(OC)c(N)n1.COC(=O)c1ccc(OC)c2nc(C3(CO[Si](c4ccccc4)(c4ccccc4)C(C)(C)C)CC3)nn12. The maximum atomic E-state index is 12.4. The number of pyridine rings is 2. The molecule has 1 fully saturated rings. The van der Waals surface area contributed by atoms with Gasteiger partial charge in [0.2, 0.25) is 0 Å². The Morgan fingerprint density at radius 3 is 1.82 bits per heavy atom. The van der Waals surface area contributed by atoms with Gasteiger partial charge in [0.15, 0.2) is 40.2 Å². The lowest BCUT2D eigenvalue weighted by Gasteiger charge is -2.43. The van der Waals surface area contributed by atoms with Gasteiger partial charge in [-0.2, -0.15) is 0 Å². The van der Waals surface area contributed by atoms with Crippen LogP contribution in [0.3, 0.4) is 0 Å². The Bertz CT molecular complexity index is 1920. The van der Waals surface area contributed by atoms with E-state index in [9.17, 15) is 9.59 Å². The molecule has 0 atom stereocenters. The Kier molecular flexibility index (Phi) is 10.6. The van der Waals surface area contributed by atoms with Crippen LogP contribution >= 0.6 is 0 Å². The molecule has 0 radical (unpaired) electrons. The predicted molar refractivity (Wildman–Crippen MR) is 192 cm³/mol. The van der Waals surface area contributed by atoms with Gasteiger partial charge in [0.25, 0.3) is 8.32 Å². The highest BCUT2D eigenvalue weighted by Crippen LogP contribution is 2.49. The molecule has 3 aromatic heterocycles. The fourth-order valence-corrected chi connectivity index (χ4v) is 10.7. The third-order valence-corrected chi connectivity index (χ3v) is 13.9. The number of nitrogens with two attached hydrogens (primary N) is 1. The van der Waals surface area contributed by atoms with Crippen LogP contribution in [0.15, 0.2) is 84.9 Å². The van der Waals surface area contributed by atoms with Crippen LogP contribution in [-0.2, 0) is 19.3 Å². The average Bonchev–Trinajstić information content (AvgIpc) is 3.79. The zero-order valence-electron chi connectivity index (χ0n) is 29.4. The number of nitrogen functional groups attached to an aromatic ring is 1. The Morgan fingerprint density at radius 2 is 1.34 bits per heavy atom. The molecule has 13 heteroatoms. The lowest BCUT2D eigenvalue weighted by Crippen LogP contribution is -2.67. The van der Waals surface area contributed by atoms with Gasteiger partial charge < -0.3 is 29.1 Å². The van der Waals surface area contributed by atoms with E-state index in [1.54, 1.807) is 25.3 Å². The summed E-state index contributed by atoms with van der Waals surface area (Å²) in [6.45, 7) is 7.31. The molecule has 2 aromatic carbocycles. The van der Waals surface area contributed by atoms with Crippen LogP contribution in [0.5, 0.6) is 11.5 Å². The summed E-state index contributed by atoms with van der Waals surface area (Å²) in [5.74, 6) is 0.833. The third kappa shape index (κ3) is 6.91. The number of benzene rings is 2. The fraction of sp³-hybridized carbons (Fsp3) is 0.324. The van der Waals surface area contributed by atoms with E-state index < -0.39 is 20.3 Å². The van der Waals surface area contributed by atoms with Crippen LogP contribution in [-0.4, -0.2) is 74.9 Å². The molecular formula is C37H43N5O7Si. The fourth-order valence-electron chi connectivity index (χ4n) is 6.03. The maximum absolute atomic E-state index is 12.4. The normalized spacial score (nSPS) is 13.5. The second-order valence-corrected chi connectivity index (χ2v) is 17.3. The molecule has 0 spiro atoms. The number of ether oxygens (including phenoxy) is 4. The van der Waals surface area contributed by atoms with Crippen LogP contribution in [0.4, 0.5) is 5.82 Å². The van der Waals surface area contributed by atoms with Gasteiger partial charge in [-0.25, -0.2) is 24.1 Å². The number of aromatic nitrogens is 4. The van der Waals surface area contributed by atoms with E-state index in [0.717, 1.165) is 12.8 Å². The van der Waals surface area contributed by atoms with Gasteiger partial charge in [0.05, 0.1) is 33.9 Å². The van der Waals surface area contributed by atoms with Crippen molar-refractivity contribution in [3.63, 3.8) is 0 Å². The first-order valence-electron chi connectivity index (χ1n) is 16.1. The maximum Gasteiger partial charge on any atom is 0.356 e. The van der Waals surface area contributed by atoms with Crippen molar-refractivity contribution in [2.45, 2.75) is 44.1 Å². The summed E-state index contributed by atoms with van der Waals surface area (Å²) < 4.78 is 28.6. The molecule has 0 aliphatic heterocycles. The molecule has 50 heavy (non-hydrogen) atoms. The predicted octanol–water partition coefficient (Wildman–Crippen LogP) is 4.59. The number of nitrogens with zero attached hydrogens (tertiary/aromatic N) is 4. The lowest BCUT2D eigenvalue weighted by molar-refractivity contribution is 0.0583. The summed E-state index contributed by atoms with van der Waals surface area (Å²) >= 11 is 0. The first-order chi connectivity index (χ1) is 23.9. The Balaban J connectivity index is 0.000000315. The molecule has 6 rings (SSSR count). The molecule has 1 aliphatic carbocycles. The summed E-state index contributed by atoms with van der Waals surface area (Å²) in [5, 5.41) is 7.14. The number of esters is 2. The van der Waals surface area contributed by atoms with Crippen LogP contribution in [0.1, 0.15) is 60.4 Å². The second-order valence-electron chi connectivity index (χ2n) is 13.0. The van der Waals surface area contributed by atoms with E-state index in [-0.39, 0.29) is 22.0 Å². The van der Waals surface area contributed by atoms with Crippen molar-refractivity contribution in [2.75, 3.05) is 40.8 Å². The summed E-state index contributed by atoms with van der Waals surface area (Å²) in [5.41, 5.74) is 6.13.